The summed E-state index contributed by atoms with van der Waals surface area (Å²) in [5.74, 6) is 0.0606. The molecule has 4 heterocycles. The SMILES string of the molecule is CCOC1COC2(CCN(C(=O)c3cnn4ccccc34)CC2)C1. The van der Waals surface area contributed by atoms with E-state index in [0.717, 1.165) is 44.5 Å². The van der Waals surface area contributed by atoms with E-state index in [1.54, 1.807) is 10.7 Å². The van der Waals surface area contributed by atoms with E-state index in [2.05, 4.69) is 5.10 Å². The van der Waals surface area contributed by atoms with Crippen LogP contribution in [-0.4, -0.2) is 58.4 Å². The van der Waals surface area contributed by atoms with Gasteiger partial charge in [-0.1, -0.05) is 6.07 Å². The average molecular weight is 329 g/mol. The fraction of sp³-hybridized carbons (Fsp3) is 0.556. The predicted molar refractivity (Wildman–Crippen MR) is 89.0 cm³/mol. The number of carbonyl (C=O) groups is 1. The molecule has 6 nitrogen and oxygen atoms in total. The Morgan fingerprint density at radius 3 is 3.04 bits per heavy atom. The number of nitrogens with zero attached hydrogens (tertiary/aromatic N) is 3. The highest BCUT2D eigenvalue weighted by Crippen LogP contribution is 2.37. The fourth-order valence-electron chi connectivity index (χ4n) is 3.88. The van der Waals surface area contributed by atoms with Gasteiger partial charge in [0.2, 0.25) is 0 Å². The van der Waals surface area contributed by atoms with Crippen LogP contribution in [0, 0.1) is 0 Å². The normalized spacial score (nSPS) is 23.2. The van der Waals surface area contributed by atoms with Gasteiger partial charge in [-0.15, -0.1) is 0 Å². The van der Waals surface area contributed by atoms with Crippen LogP contribution < -0.4 is 0 Å². The molecule has 0 saturated carbocycles. The Morgan fingerprint density at radius 2 is 2.25 bits per heavy atom. The molecule has 0 aliphatic carbocycles. The molecule has 0 radical (unpaired) electrons. The number of amides is 1. The maximum absolute atomic E-state index is 12.9. The van der Waals surface area contributed by atoms with Gasteiger partial charge in [-0.25, -0.2) is 4.52 Å². The molecule has 4 rings (SSSR count). The molecule has 2 aromatic rings. The summed E-state index contributed by atoms with van der Waals surface area (Å²) in [4.78, 5) is 14.8. The molecule has 2 aromatic heterocycles. The first-order chi connectivity index (χ1) is 11.7. The highest BCUT2D eigenvalue weighted by molar-refractivity contribution is 6.00. The van der Waals surface area contributed by atoms with Crippen molar-refractivity contribution in [2.24, 2.45) is 0 Å². The second kappa shape index (κ2) is 6.18. The Hall–Kier alpha value is -1.92. The van der Waals surface area contributed by atoms with Crippen molar-refractivity contribution in [3.05, 3.63) is 36.2 Å². The summed E-state index contributed by atoms with van der Waals surface area (Å²) < 4.78 is 13.5. The van der Waals surface area contributed by atoms with Crippen molar-refractivity contribution in [2.75, 3.05) is 26.3 Å². The number of pyridine rings is 1. The van der Waals surface area contributed by atoms with Gasteiger partial charge in [-0.2, -0.15) is 5.10 Å². The van der Waals surface area contributed by atoms with Crippen molar-refractivity contribution in [1.82, 2.24) is 14.5 Å². The van der Waals surface area contributed by atoms with Gasteiger partial charge < -0.3 is 14.4 Å². The van der Waals surface area contributed by atoms with Crippen molar-refractivity contribution >= 4 is 11.4 Å². The van der Waals surface area contributed by atoms with Gasteiger partial charge in [0.05, 0.1) is 35.6 Å². The first kappa shape index (κ1) is 15.6. The maximum atomic E-state index is 12.9. The lowest BCUT2D eigenvalue weighted by molar-refractivity contribution is -0.0407. The second-order valence-electron chi connectivity index (χ2n) is 6.66. The molecule has 0 bridgehead atoms. The molecule has 1 unspecified atom stereocenters. The van der Waals surface area contributed by atoms with E-state index in [9.17, 15) is 4.79 Å². The minimum absolute atomic E-state index is 0.0606. The number of hydrogen-bond donors (Lipinski definition) is 0. The number of fused-ring (bicyclic) bond motifs is 1. The van der Waals surface area contributed by atoms with Crippen molar-refractivity contribution in [3.63, 3.8) is 0 Å². The van der Waals surface area contributed by atoms with E-state index in [4.69, 9.17) is 9.47 Å². The van der Waals surface area contributed by atoms with Crippen LogP contribution in [0.4, 0.5) is 0 Å². The zero-order valence-corrected chi connectivity index (χ0v) is 14.0. The molecule has 2 aliphatic heterocycles. The van der Waals surface area contributed by atoms with Crippen LogP contribution in [0.1, 0.15) is 36.5 Å². The van der Waals surface area contributed by atoms with Crippen LogP contribution in [0.5, 0.6) is 0 Å². The Kier molecular flexibility index (Phi) is 4.02. The molecule has 0 aromatic carbocycles. The number of aromatic nitrogens is 2. The van der Waals surface area contributed by atoms with Crippen molar-refractivity contribution in [3.8, 4) is 0 Å². The van der Waals surface area contributed by atoms with Crippen molar-refractivity contribution in [1.29, 1.82) is 0 Å². The molecule has 1 amide bonds. The van der Waals surface area contributed by atoms with Crippen LogP contribution in [0.3, 0.4) is 0 Å². The van der Waals surface area contributed by atoms with E-state index in [-0.39, 0.29) is 17.6 Å². The minimum atomic E-state index is -0.0995. The van der Waals surface area contributed by atoms with E-state index in [0.29, 0.717) is 12.2 Å². The summed E-state index contributed by atoms with van der Waals surface area (Å²) in [6.45, 7) is 4.87. The fourth-order valence-corrected chi connectivity index (χ4v) is 3.88. The molecular weight excluding hydrogens is 306 g/mol. The van der Waals surface area contributed by atoms with Gasteiger partial charge >= 0.3 is 0 Å². The topological polar surface area (TPSA) is 56.1 Å². The predicted octanol–water partition coefficient (Wildman–Crippen LogP) is 2.13. The zero-order chi connectivity index (χ0) is 16.6. The molecular formula is C18H23N3O3. The van der Waals surface area contributed by atoms with Crippen molar-refractivity contribution in [2.45, 2.75) is 37.9 Å². The number of hydrogen-bond acceptors (Lipinski definition) is 4. The zero-order valence-electron chi connectivity index (χ0n) is 14.0. The number of ether oxygens (including phenoxy) is 2. The van der Waals surface area contributed by atoms with Gasteiger partial charge in [0, 0.05) is 32.3 Å². The summed E-state index contributed by atoms with van der Waals surface area (Å²) in [7, 11) is 0. The lowest BCUT2D eigenvalue weighted by Gasteiger charge is -2.38. The third kappa shape index (κ3) is 2.70. The quantitative estimate of drug-likeness (QED) is 0.866. The van der Waals surface area contributed by atoms with E-state index >= 15 is 0 Å². The Balaban J connectivity index is 1.43. The van der Waals surface area contributed by atoms with Gasteiger partial charge in [0.1, 0.15) is 0 Å². The molecule has 6 heteroatoms. The van der Waals surface area contributed by atoms with Gasteiger partial charge in [-0.3, -0.25) is 4.79 Å². The van der Waals surface area contributed by atoms with Gasteiger partial charge in [0.25, 0.3) is 5.91 Å². The first-order valence-electron chi connectivity index (χ1n) is 8.68. The maximum Gasteiger partial charge on any atom is 0.257 e. The third-order valence-electron chi connectivity index (χ3n) is 5.20. The lowest BCUT2D eigenvalue weighted by Crippen LogP contribution is -2.46. The van der Waals surface area contributed by atoms with Crippen LogP contribution in [0.15, 0.2) is 30.6 Å². The van der Waals surface area contributed by atoms with Crippen molar-refractivity contribution < 1.29 is 14.3 Å². The van der Waals surface area contributed by atoms with Crippen LogP contribution in [0.2, 0.25) is 0 Å². The minimum Gasteiger partial charge on any atom is -0.376 e. The van der Waals surface area contributed by atoms with E-state index in [1.807, 2.05) is 36.2 Å². The van der Waals surface area contributed by atoms with Crippen LogP contribution >= 0.6 is 0 Å². The summed E-state index contributed by atoms with van der Waals surface area (Å²) in [6, 6.07) is 5.77. The second-order valence-corrected chi connectivity index (χ2v) is 6.66. The molecule has 1 atom stereocenters. The highest BCUT2D eigenvalue weighted by atomic mass is 16.6. The lowest BCUT2D eigenvalue weighted by atomic mass is 9.87. The molecule has 2 aliphatic rings. The number of carbonyl (C=O) groups excluding carboxylic acids is 1. The summed E-state index contributed by atoms with van der Waals surface area (Å²) >= 11 is 0. The Bertz CT molecular complexity index is 734. The largest absolute Gasteiger partial charge is 0.376 e. The molecule has 0 N–H and O–H groups in total. The number of piperidine rings is 1. The summed E-state index contributed by atoms with van der Waals surface area (Å²) in [5, 5.41) is 4.26. The van der Waals surface area contributed by atoms with E-state index in [1.165, 1.54) is 0 Å². The van der Waals surface area contributed by atoms with Crippen LogP contribution in [0.25, 0.3) is 5.52 Å². The summed E-state index contributed by atoms with van der Waals surface area (Å²) in [5.41, 5.74) is 1.43. The molecule has 128 valence electrons. The van der Waals surface area contributed by atoms with Crippen LogP contribution in [-0.2, 0) is 9.47 Å². The molecule has 2 saturated heterocycles. The molecule has 24 heavy (non-hydrogen) atoms. The number of likely N-dealkylation sites (tertiary alicyclic amines) is 1. The molecule has 1 spiro atoms. The highest BCUT2D eigenvalue weighted by Gasteiger charge is 2.43. The number of rotatable bonds is 3. The Morgan fingerprint density at radius 1 is 1.42 bits per heavy atom. The Labute approximate surface area is 141 Å². The van der Waals surface area contributed by atoms with E-state index < -0.39 is 0 Å². The smallest absolute Gasteiger partial charge is 0.257 e. The van der Waals surface area contributed by atoms with Gasteiger partial charge in [0.15, 0.2) is 0 Å². The first-order valence-corrected chi connectivity index (χ1v) is 8.68. The standard InChI is InChI=1S/C18H23N3O3/c1-2-23-14-11-18(24-13-14)6-9-20(10-7-18)17(22)15-12-19-21-8-4-3-5-16(15)21/h3-5,8,12,14H,2,6-7,9-11,13H2,1H3. The average Bonchev–Trinajstić information content (AvgIpc) is 3.20. The molecule has 2 fully saturated rings. The summed E-state index contributed by atoms with van der Waals surface area (Å²) in [6.07, 6.45) is 6.43. The third-order valence-corrected chi connectivity index (χ3v) is 5.20. The van der Waals surface area contributed by atoms with Gasteiger partial charge in [-0.05, 0) is 31.9 Å². The monoisotopic (exact) mass is 329 g/mol.